The predicted molar refractivity (Wildman–Crippen MR) is 127 cm³/mol. The van der Waals surface area contributed by atoms with Gasteiger partial charge in [-0.3, -0.25) is 0 Å². The molecule has 1 atom stereocenters. The average Bonchev–Trinajstić information content (AvgIpc) is 2.81. The SMILES string of the molecule is COc1ccc(OC)c(S(=O)(=O)NC[C@@H](O)CN2CCC(Oc3ccc(Cl)c(Cl)c3)CC2)c1. The number of benzene rings is 2. The number of ether oxygens (including phenoxy) is 3. The second kappa shape index (κ2) is 11.6. The van der Waals surface area contributed by atoms with E-state index in [1.54, 1.807) is 24.3 Å². The van der Waals surface area contributed by atoms with Gasteiger partial charge >= 0.3 is 0 Å². The van der Waals surface area contributed by atoms with Gasteiger partial charge < -0.3 is 24.2 Å². The van der Waals surface area contributed by atoms with Gasteiger partial charge in [0.15, 0.2) is 0 Å². The molecule has 0 bridgehead atoms. The number of nitrogens with one attached hydrogen (secondary N) is 1. The number of piperidine rings is 1. The van der Waals surface area contributed by atoms with E-state index in [-0.39, 0.29) is 23.3 Å². The molecule has 2 N–H and O–H groups in total. The molecule has 2 aromatic rings. The zero-order valence-electron chi connectivity index (χ0n) is 18.5. The minimum absolute atomic E-state index is 0.0367. The first-order chi connectivity index (χ1) is 15.7. The summed E-state index contributed by atoms with van der Waals surface area (Å²) in [6, 6.07) is 9.70. The van der Waals surface area contributed by atoms with Gasteiger partial charge in [-0.25, -0.2) is 13.1 Å². The van der Waals surface area contributed by atoms with E-state index in [0.29, 0.717) is 28.1 Å². The van der Waals surface area contributed by atoms with Crippen LogP contribution in [0.1, 0.15) is 12.8 Å². The lowest BCUT2D eigenvalue weighted by molar-refractivity contribution is 0.0630. The van der Waals surface area contributed by atoms with E-state index < -0.39 is 16.1 Å². The topological polar surface area (TPSA) is 97.3 Å². The van der Waals surface area contributed by atoms with Crippen molar-refractivity contribution in [3.05, 3.63) is 46.4 Å². The van der Waals surface area contributed by atoms with Crippen molar-refractivity contribution >= 4 is 33.2 Å². The van der Waals surface area contributed by atoms with Crippen molar-refractivity contribution < 1.29 is 27.7 Å². The van der Waals surface area contributed by atoms with E-state index in [0.717, 1.165) is 25.9 Å². The van der Waals surface area contributed by atoms with Gasteiger partial charge in [0.2, 0.25) is 10.0 Å². The first-order valence-corrected chi connectivity index (χ1v) is 12.7. The summed E-state index contributed by atoms with van der Waals surface area (Å²) in [4.78, 5) is 2.04. The van der Waals surface area contributed by atoms with E-state index in [2.05, 4.69) is 9.62 Å². The molecule has 8 nitrogen and oxygen atoms in total. The van der Waals surface area contributed by atoms with E-state index in [4.69, 9.17) is 37.4 Å². The molecule has 3 rings (SSSR count). The Bertz CT molecular complexity index is 1050. The van der Waals surface area contributed by atoms with Crippen LogP contribution in [-0.4, -0.2) is 71.0 Å². The Labute approximate surface area is 204 Å². The first kappa shape index (κ1) is 25.9. The van der Waals surface area contributed by atoms with Crippen LogP contribution in [0.3, 0.4) is 0 Å². The van der Waals surface area contributed by atoms with Crippen LogP contribution in [0.25, 0.3) is 0 Å². The third-order valence-electron chi connectivity index (χ3n) is 5.37. The molecule has 1 saturated heterocycles. The number of sulfonamides is 1. The van der Waals surface area contributed by atoms with Gasteiger partial charge in [-0.2, -0.15) is 0 Å². The fraction of sp³-hybridized carbons (Fsp3) is 0.455. The number of aliphatic hydroxyl groups excluding tert-OH is 1. The number of halogens is 2. The molecule has 1 fully saturated rings. The molecule has 0 amide bonds. The summed E-state index contributed by atoms with van der Waals surface area (Å²) in [5.74, 6) is 1.26. The predicted octanol–water partition coefficient (Wildman–Crippen LogP) is 3.19. The van der Waals surface area contributed by atoms with Gasteiger partial charge in [-0.05, 0) is 37.1 Å². The number of rotatable bonds is 10. The Balaban J connectivity index is 1.48. The second-order valence-electron chi connectivity index (χ2n) is 7.72. The largest absolute Gasteiger partial charge is 0.497 e. The Morgan fingerprint density at radius 3 is 2.39 bits per heavy atom. The Morgan fingerprint density at radius 2 is 1.76 bits per heavy atom. The van der Waals surface area contributed by atoms with Gasteiger partial charge in [0.05, 0.1) is 30.4 Å². The molecule has 0 radical (unpaired) electrons. The Kier molecular flexibility index (Phi) is 9.09. The monoisotopic (exact) mass is 518 g/mol. The number of β-amino-alcohol motifs (C(OH)–C–C–N with tert-alkyl or cyclic N) is 1. The summed E-state index contributed by atoms with van der Waals surface area (Å²) in [6.07, 6.45) is 0.720. The van der Waals surface area contributed by atoms with Crippen LogP contribution in [0.15, 0.2) is 41.3 Å². The summed E-state index contributed by atoms with van der Waals surface area (Å²) in [5.41, 5.74) is 0. The van der Waals surface area contributed by atoms with E-state index in [1.807, 2.05) is 0 Å². The van der Waals surface area contributed by atoms with Crippen LogP contribution in [0.2, 0.25) is 10.0 Å². The summed E-state index contributed by atoms with van der Waals surface area (Å²) in [7, 11) is -1.05. The number of hydrogen-bond donors (Lipinski definition) is 2. The first-order valence-electron chi connectivity index (χ1n) is 10.5. The van der Waals surface area contributed by atoms with Crippen LogP contribution in [0, 0.1) is 0 Å². The highest BCUT2D eigenvalue weighted by Gasteiger charge is 2.25. The molecule has 33 heavy (non-hydrogen) atoms. The van der Waals surface area contributed by atoms with Crippen molar-refractivity contribution in [2.45, 2.75) is 29.9 Å². The summed E-state index contributed by atoms with van der Waals surface area (Å²) >= 11 is 12.0. The van der Waals surface area contributed by atoms with Crippen LogP contribution in [0.4, 0.5) is 0 Å². The summed E-state index contributed by atoms with van der Waals surface area (Å²) in [6.45, 7) is 1.67. The molecule has 2 aromatic carbocycles. The Hall–Kier alpha value is -1.75. The standard InChI is InChI=1S/C22H28Cl2N2O6S/c1-30-17-4-6-21(31-2)22(12-17)33(28,29)25-13-15(27)14-26-9-7-16(8-10-26)32-18-3-5-19(23)20(24)11-18/h3-6,11-12,15-16,25,27H,7-10,13-14H2,1-2H3/t15-/m1/s1. The van der Waals surface area contributed by atoms with Crippen molar-refractivity contribution in [3.8, 4) is 17.2 Å². The van der Waals surface area contributed by atoms with Crippen molar-refractivity contribution in [2.75, 3.05) is 40.4 Å². The molecule has 1 aliphatic heterocycles. The molecular formula is C22H28Cl2N2O6S. The summed E-state index contributed by atoms with van der Waals surface area (Å²) < 4.78 is 44.2. The highest BCUT2D eigenvalue weighted by Crippen LogP contribution is 2.29. The van der Waals surface area contributed by atoms with Gasteiger partial charge in [0, 0.05) is 38.3 Å². The molecule has 0 aliphatic carbocycles. The highest BCUT2D eigenvalue weighted by molar-refractivity contribution is 7.89. The zero-order chi connectivity index (χ0) is 24.0. The Morgan fingerprint density at radius 1 is 1.06 bits per heavy atom. The lowest BCUT2D eigenvalue weighted by Crippen LogP contribution is -2.45. The lowest BCUT2D eigenvalue weighted by Gasteiger charge is -2.33. The zero-order valence-corrected chi connectivity index (χ0v) is 20.8. The van der Waals surface area contributed by atoms with Gasteiger partial charge in [-0.1, -0.05) is 23.2 Å². The van der Waals surface area contributed by atoms with Gasteiger partial charge in [0.25, 0.3) is 0 Å². The van der Waals surface area contributed by atoms with Crippen molar-refractivity contribution in [2.24, 2.45) is 0 Å². The molecule has 0 spiro atoms. The molecule has 0 unspecified atom stereocenters. The minimum Gasteiger partial charge on any atom is -0.497 e. The third-order valence-corrected chi connectivity index (χ3v) is 7.55. The van der Waals surface area contributed by atoms with Crippen LogP contribution >= 0.6 is 23.2 Å². The molecule has 182 valence electrons. The number of likely N-dealkylation sites (tertiary alicyclic amines) is 1. The minimum atomic E-state index is -3.90. The van der Waals surface area contributed by atoms with Crippen molar-refractivity contribution in [1.82, 2.24) is 9.62 Å². The number of hydrogen-bond acceptors (Lipinski definition) is 7. The lowest BCUT2D eigenvalue weighted by atomic mass is 10.1. The molecule has 11 heteroatoms. The molecular weight excluding hydrogens is 491 g/mol. The third kappa shape index (κ3) is 7.11. The molecule has 1 aliphatic rings. The number of aliphatic hydroxyl groups is 1. The van der Waals surface area contributed by atoms with Crippen LogP contribution < -0.4 is 18.9 Å². The maximum atomic E-state index is 12.7. The maximum absolute atomic E-state index is 12.7. The van der Waals surface area contributed by atoms with Gasteiger partial charge in [-0.15, -0.1) is 0 Å². The van der Waals surface area contributed by atoms with Crippen molar-refractivity contribution in [1.29, 1.82) is 0 Å². The number of nitrogens with zero attached hydrogens (tertiary/aromatic N) is 1. The molecule has 0 aromatic heterocycles. The van der Waals surface area contributed by atoms with Gasteiger partial charge in [0.1, 0.15) is 28.2 Å². The molecule has 1 heterocycles. The average molecular weight is 519 g/mol. The van der Waals surface area contributed by atoms with Crippen LogP contribution in [0.5, 0.6) is 17.2 Å². The van der Waals surface area contributed by atoms with E-state index >= 15 is 0 Å². The quantitative estimate of drug-likeness (QED) is 0.498. The van der Waals surface area contributed by atoms with Crippen molar-refractivity contribution in [3.63, 3.8) is 0 Å². The fourth-order valence-corrected chi connectivity index (χ4v) is 5.14. The molecule has 0 saturated carbocycles. The normalized spacial score (nSPS) is 16.4. The second-order valence-corrected chi connectivity index (χ2v) is 10.3. The fourth-order valence-electron chi connectivity index (χ4n) is 3.59. The van der Waals surface area contributed by atoms with E-state index in [1.165, 1.54) is 26.4 Å². The maximum Gasteiger partial charge on any atom is 0.244 e. The number of methoxy groups -OCH3 is 2. The highest BCUT2D eigenvalue weighted by atomic mass is 35.5. The van der Waals surface area contributed by atoms with E-state index in [9.17, 15) is 13.5 Å². The smallest absolute Gasteiger partial charge is 0.244 e. The van der Waals surface area contributed by atoms with Crippen LogP contribution in [-0.2, 0) is 10.0 Å². The summed E-state index contributed by atoms with van der Waals surface area (Å²) in [5, 5.41) is 11.3.